The summed E-state index contributed by atoms with van der Waals surface area (Å²) in [5.74, 6) is 1.45. The molecule has 3 aromatic rings. The van der Waals surface area contributed by atoms with E-state index in [2.05, 4.69) is 25.4 Å². The van der Waals surface area contributed by atoms with Gasteiger partial charge in [0.1, 0.15) is 23.6 Å². The maximum absolute atomic E-state index is 13.3. The van der Waals surface area contributed by atoms with E-state index in [1.807, 2.05) is 41.8 Å². The molecule has 1 fully saturated rings. The zero-order valence-corrected chi connectivity index (χ0v) is 18.0. The van der Waals surface area contributed by atoms with Crippen LogP contribution in [0.5, 0.6) is 5.75 Å². The van der Waals surface area contributed by atoms with Crippen LogP contribution >= 0.6 is 0 Å². The van der Waals surface area contributed by atoms with Crippen LogP contribution in [0.15, 0.2) is 42.7 Å². The second-order valence-electron chi connectivity index (χ2n) is 8.06. The van der Waals surface area contributed by atoms with Crippen LogP contribution in [-0.4, -0.2) is 58.1 Å². The van der Waals surface area contributed by atoms with Crippen molar-refractivity contribution < 1.29 is 14.3 Å². The third kappa shape index (κ3) is 4.29. The van der Waals surface area contributed by atoms with Gasteiger partial charge in [-0.2, -0.15) is 0 Å². The van der Waals surface area contributed by atoms with E-state index in [0.717, 1.165) is 38.2 Å². The lowest BCUT2D eigenvalue weighted by molar-refractivity contribution is 0.101. The molecular formula is C23H26N6O3. The Labute approximate surface area is 186 Å². The van der Waals surface area contributed by atoms with Gasteiger partial charge in [0.2, 0.25) is 0 Å². The van der Waals surface area contributed by atoms with Gasteiger partial charge in [-0.3, -0.25) is 4.79 Å². The molecule has 0 aliphatic carbocycles. The molecule has 5 rings (SSSR count). The standard InChI is InChI=1S/C23H26N6O3/c1-16-4-3-9-29-15-24-27-22(29)19-5-2-6-21(25-19)26-23(30)18-14-17(7-8-20(18)32-16)28-10-12-31-13-11-28/h2,5-8,14-16H,3-4,9-13H2,1H3,(H,25,26,30)/t16-/m0/s1. The van der Waals surface area contributed by atoms with Crippen LogP contribution < -0.4 is 15.0 Å². The summed E-state index contributed by atoms with van der Waals surface area (Å²) in [6.07, 6.45) is 3.38. The zero-order valence-electron chi connectivity index (χ0n) is 18.0. The quantitative estimate of drug-likeness (QED) is 0.629. The molecule has 2 aliphatic rings. The Bertz CT molecular complexity index is 1110. The van der Waals surface area contributed by atoms with E-state index in [9.17, 15) is 4.79 Å². The number of aromatic nitrogens is 4. The summed E-state index contributed by atoms with van der Waals surface area (Å²) in [6, 6.07) is 11.3. The molecule has 1 atom stereocenters. The minimum Gasteiger partial charge on any atom is -0.490 e. The second-order valence-corrected chi connectivity index (χ2v) is 8.06. The van der Waals surface area contributed by atoms with Gasteiger partial charge in [0.05, 0.1) is 24.9 Å². The van der Waals surface area contributed by atoms with E-state index < -0.39 is 0 Å². The lowest BCUT2D eigenvalue weighted by Gasteiger charge is -2.29. The average molecular weight is 435 g/mol. The lowest BCUT2D eigenvalue weighted by atomic mass is 10.1. The highest BCUT2D eigenvalue weighted by atomic mass is 16.5. The second kappa shape index (κ2) is 8.96. The Morgan fingerprint density at radius 2 is 2.00 bits per heavy atom. The fourth-order valence-electron chi connectivity index (χ4n) is 4.07. The number of hydrogen-bond acceptors (Lipinski definition) is 7. The molecule has 32 heavy (non-hydrogen) atoms. The molecule has 2 bridgehead atoms. The Hall–Kier alpha value is -3.46. The summed E-state index contributed by atoms with van der Waals surface area (Å²) in [4.78, 5) is 20.1. The van der Waals surface area contributed by atoms with Crippen molar-refractivity contribution in [1.82, 2.24) is 19.7 Å². The fourth-order valence-corrected chi connectivity index (χ4v) is 4.07. The van der Waals surface area contributed by atoms with E-state index in [4.69, 9.17) is 9.47 Å². The number of nitrogens with one attached hydrogen (secondary N) is 1. The SMILES string of the molecule is C[C@H]1CCCn2cnnc2-c2cccc(n2)NC(=O)c2cc(N3CCOCC3)ccc2O1. The van der Waals surface area contributed by atoms with Crippen LogP contribution in [0.2, 0.25) is 0 Å². The summed E-state index contributed by atoms with van der Waals surface area (Å²) in [7, 11) is 0. The van der Waals surface area contributed by atoms with Crippen molar-refractivity contribution in [2.45, 2.75) is 32.4 Å². The smallest absolute Gasteiger partial charge is 0.260 e. The van der Waals surface area contributed by atoms with Crippen LogP contribution in [0.1, 0.15) is 30.1 Å². The number of benzene rings is 1. The van der Waals surface area contributed by atoms with Crippen LogP contribution in [0.4, 0.5) is 11.5 Å². The first kappa shape index (κ1) is 20.4. The first-order valence-electron chi connectivity index (χ1n) is 11.0. The average Bonchev–Trinajstić information content (AvgIpc) is 3.28. The van der Waals surface area contributed by atoms with Crippen molar-refractivity contribution in [3.8, 4) is 17.3 Å². The molecule has 9 heteroatoms. The summed E-state index contributed by atoms with van der Waals surface area (Å²) in [5.41, 5.74) is 2.15. The molecule has 1 aromatic carbocycles. The van der Waals surface area contributed by atoms with Crippen LogP contribution in [0.3, 0.4) is 0 Å². The third-order valence-corrected chi connectivity index (χ3v) is 5.76. The molecule has 0 saturated carbocycles. The Morgan fingerprint density at radius 1 is 1.12 bits per heavy atom. The van der Waals surface area contributed by atoms with Crippen LogP contribution in [0, 0.1) is 0 Å². The van der Waals surface area contributed by atoms with Gasteiger partial charge in [-0.15, -0.1) is 10.2 Å². The van der Waals surface area contributed by atoms with Crippen molar-refractivity contribution in [1.29, 1.82) is 0 Å². The van der Waals surface area contributed by atoms with Gasteiger partial charge in [0, 0.05) is 25.3 Å². The van der Waals surface area contributed by atoms with Gasteiger partial charge >= 0.3 is 0 Å². The molecule has 9 nitrogen and oxygen atoms in total. The first-order chi connectivity index (χ1) is 15.7. The predicted octanol–water partition coefficient (Wildman–Crippen LogP) is 2.99. The molecule has 1 N–H and O–H groups in total. The molecular weight excluding hydrogens is 408 g/mol. The molecule has 1 amide bonds. The van der Waals surface area contributed by atoms with Crippen molar-refractivity contribution in [3.05, 3.63) is 48.3 Å². The molecule has 0 radical (unpaired) electrons. The number of nitrogens with zero attached hydrogens (tertiary/aromatic N) is 5. The third-order valence-electron chi connectivity index (χ3n) is 5.76. The minimum absolute atomic E-state index is 0.0467. The highest BCUT2D eigenvalue weighted by Crippen LogP contribution is 2.29. The molecule has 166 valence electrons. The number of aryl methyl sites for hydroxylation is 1. The van der Waals surface area contributed by atoms with Crippen LogP contribution in [-0.2, 0) is 11.3 Å². The van der Waals surface area contributed by atoms with E-state index in [0.29, 0.717) is 41.9 Å². The van der Waals surface area contributed by atoms with Gasteiger partial charge in [-0.1, -0.05) is 6.07 Å². The van der Waals surface area contributed by atoms with Crippen LogP contribution in [0.25, 0.3) is 11.5 Å². The van der Waals surface area contributed by atoms with Gasteiger partial charge < -0.3 is 24.3 Å². The molecule has 0 spiro atoms. The van der Waals surface area contributed by atoms with E-state index in [-0.39, 0.29) is 12.0 Å². The minimum atomic E-state index is -0.259. The van der Waals surface area contributed by atoms with Gasteiger partial charge in [-0.25, -0.2) is 4.98 Å². The lowest BCUT2D eigenvalue weighted by Crippen LogP contribution is -2.36. The number of morpholine rings is 1. The monoisotopic (exact) mass is 434 g/mol. The molecule has 2 aliphatic heterocycles. The van der Waals surface area contributed by atoms with E-state index in [1.165, 1.54) is 0 Å². The number of ether oxygens (including phenoxy) is 2. The molecule has 2 aromatic heterocycles. The van der Waals surface area contributed by atoms with Crippen molar-refractivity contribution in [3.63, 3.8) is 0 Å². The molecule has 0 unspecified atom stereocenters. The van der Waals surface area contributed by atoms with Gasteiger partial charge in [0.15, 0.2) is 5.82 Å². The maximum atomic E-state index is 13.3. The Kier molecular flexibility index (Phi) is 5.72. The first-order valence-corrected chi connectivity index (χ1v) is 11.0. The number of hydrogen-bond donors (Lipinski definition) is 1. The summed E-state index contributed by atoms with van der Waals surface area (Å²) < 4.78 is 13.7. The van der Waals surface area contributed by atoms with E-state index in [1.54, 1.807) is 12.4 Å². The Morgan fingerprint density at radius 3 is 2.88 bits per heavy atom. The molecule has 1 saturated heterocycles. The number of pyridine rings is 1. The van der Waals surface area contributed by atoms with Gasteiger partial charge in [-0.05, 0) is 50.1 Å². The van der Waals surface area contributed by atoms with Crippen molar-refractivity contribution in [2.75, 3.05) is 36.5 Å². The number of carbonyl (C=O) groups excluding carboxylic acids is 1. The molecule has 4 heterocycles. The highest BCUT2D eigenvalue weighted by Gasteiger charge is 2.21. The van der Waals surface area contributed by atoms with E-state index >= 15 is 0 Å². The maximum Gasteiger partial charge on any atom is 0.260 e. The fraction of sp³-hybridized carbons (Fsp3) is 0.391. The number of carbonyl (C=O) groups is 1. The normalized spacial score (nSPS) is 19.2. The Balaban J connectivity index is 1.52. The number of fused-ring (bicyclic) bond motifs is 5. The number of amides is 1. The topological polar surface area (TPSA) is 94.4 Å². The predicted molar refractivity (Wildman–Crippen MR) is 120 cm³/mol. The van der Waals surface area contributed by atoms with Gasteiger partial charge in [0.25, 0.3) is 5.91 Å². The van der Waals surface area contributed by atoms with Crippen molar-refractivity contribution in [2.24, 2.45) is 0 Å². The summed E-state index contributed by atoms with van der Waals surface area (Å²) in [6.45, 7) is 5.73. The summed E-state index contributed by atoms with van der Waals surface area (Å²) in [5, 5.41) is 11.2. The number of rotatable bonds is 1. The van der Waals surface area contributed by atoms with Crippen molar-refractivity contribution >= 4 is 17.4 Å². The largest absolute Gasteiger partial charge is 0.490 e. The summed E-state index contributed by atoms with van der Waals surface area (Å²) >= 11 is 0. The highest BCUT2D eigenvalue weighted by molar-refractivity contribution is 6.06. The number of anilines is 2. The zero-order chi connectivity index (χ0) is 21.9.